The molecule has 0 bridgehead atoms. The second-order valence-corrected chi connectivity index (χ2v) is 6.50. The van der Waals surface area contributed by atoms with Gasteiger partial charge in [-0.2, -0.15) is 0 Å². The van der Waals surface area contributed by atoms with Gasteiger partial charge in [-0.1, -0.05) is 11.8 Å². The van der Waals surface area contributed by atoms with Crippen molar-refractivity contribution in [2.45, 2.75) is 19.4 Å². The van der Waals surface area contributed by atoms with Gasteiger partial charge >= 0.3 is 0 Å². The van der Waals surface area contributed by atoms with Gasteiger partial charge in [0.05, 0.1) is 12.2 Å². The lowest BCUT2D eigenvalue weighted by molar-refractivity contribution is 0.229. The maximum absolute atomic E-state index is 13.1. The Morgan fingerprint density at radius 3 is 2.29 bits per heavy atom. The molecular weight excluding hydrogens is 310 g/mol. The van der Waals surface area contributed by atoms with E-state index in [1.165, 1.54) is 6.07 Å². The van der Waals surface area contributed by atoms with Crippen molar-refractivity contribution in [1.29, 1.82) is 0 Å². The lowest BCUT2D eigenvalue weighted by Crippen LogP contribution is -2.36. The van der Waals surface area contributed by atoms with Crippen LogP contribution in [0, 0.1) is 23.5 Å². The third kappa shape index (κ3) is 3.36. The van der Waals surface area contributed by atoms with Gasteiger partial charge in [-0.3, -0.25) is 4.90 Å². The van der Waals surface area contributed by atoms with E-state index in [2.05, 4.69) is 52.5 Å². The Bertz CT molecular complexity index is 806. The van der Waals surface area contributed by atoms with E-state index < -0.39 is 11.6 Å². The number of aromatic nitrogens is 2. The summed E-state index contributed by atoms with van der Waals surface area (Å²) in [4.78, 5) is 13.1. The Kier molecular flexibility index (Phi) is 4.20. The maximum Gasteiger partial charge on any atom is 0.226 e. The molecule has 0 amide bonds. The molecule has 0 spiro atoms. The first-order valence-electron chi connectivity index (χ1n) is 7.60. The zero-order chi connectivity index (χ0) is 17.3. The van der Waals surface area contributed by atoms with E-state index in [1.807, 2.05) is 0 Å². The molecule has 0 saturated carbocycles. The highest BCUT2D eigenvalue weighted by molar-refractivity contribution is 5.43. The molecule has 6 heteroatoms. The summed E-state index contributed by atoms with van der Waals surface area (Å²) in [6.45, 7) is 5.97. The summed E-state index contributed by atoms with van der Waals surface area (Å²) >= 11 is 0. The average molecular weight is 328 g/mol. The Morgan fingerprint density at radius 2 is 1.71 bits per heavy atom. The lowest BCUT2D eigenvalue weighted by atomic mass is 10.1. The molecule has 1 saturated heterocycles. The zero-order valence-electron chi connectivity index (χ0n) is 13.8. The number of likely N-dealkylation sites (N-methyl/N-ethyl adjacent to an activating group) is 1. The van der Waals surface area contributed by atoms with Crippen LogP contribution >= 0.6 is 0 Å². The van der Waals surface area contributed by atoms with Crippen LogP contribution in [0.5, 0.6) is 0 Å². The largest absolute Gasteiger partial charge is 0.326 e. The van der Waals surface area contributed by atoms with E-state index in [9.17, 15) is 8.78 Å². The number of anilines is 1. The fourth-order valence-corrected chi connectivity index (χ4v) is 2.49. The summed E-state index contributed by atoms with van der Waals surface area (Å²) in [5.41, 5.74) is 1.10. The van der Waals surface area contributed by atoms with Crippen molar-refractivity contribution in [1.82, 2.24) is 14.9 Å². The smallest absolute Gasteiger partial charge is 0.226 e. The second kappa shape index (κ2) is 6.17. The van der Waals surface area contributed by atoms with E-state index in [0.717, 1.165) is 25.3 Å². The second-order valence-electron chi connectivity index (χ2n) is 6.50. The summed E-state index contributed by atoms with van der Waals surface area (Å²) in [7, 11) is 2.07. The van der Waals surface area contributed by atoms with Crippen LogP contribution in [0.2, 0.25) is 0 Å². The fraction of sp³-hybridized carbons (Fsp3) is 0.333. The summed E-state index contributed by atoms with van der Waals surface area (Å²) in [5, 5.41) is 0. The molecule has 0 unspecified atom stereocenters. The van der Waals surface area contributed by atoms with Crippen LogP contribution in [0.4, 0.5) is 14.7 Å². The minimum Gasteiger partial charge on any atom is -0.326 e. The summed E-state index contributed by atoms with van der Waals surface area (Å²) < 4.78 is 26.0. The van der Waals surface area contributed by atoms with Crippen molar-refractivity contribution >= 4 is 5.95 Å². The highest BCUT2D eigenvalue weighted by Crippen LogP contribution is 2.24. The molecule has 0 aliphatic carbocycles. The molecule has 4 nitrogen and oxygen atoms in total. The molecule has 0 radical (unpaired) electrons. The van der Waals surface area contributed by atoms with Crippen molar-refractivity contribution in [3.05, 3.63) is 53.4 Å². The summed E-state index contributed by atoms with van der Waals surface area (Å²) in [6, 6.07) is 3.56. The number of hydrogen-bond acceptors (Lipinski definition) is 4. The van der Waals surface area contributed by atoms with Gasteiger partial charge in [-0.15, -0.1) is 0 Å². The quantitative estimate of drug-likeness (QED) is 0.754. The Morgan fingerprint density at radius 1 is 1.04 bits per heavy atom. The van der Waals surface area contributed by atoms with Crippen LogP contribution in [0.1, 0.15) is 25.0 Å². The third-order valence-electron chi connectivity index (χ3n) is 4.19. The molecule has 3 rings (SSSR count). The van der Waals surface area contributed by atoms with Gasteiger partial charge in [-0.05, 0) is 39.1 Å². The molecule has 1 aliphatic rings. The minimum atomic E-state index is -0.908. The van der Waals surface area contributed by atoms with Crippen molar-refractivity contribution in [2.75, 3.05) is 25.2 Å². The number of nitrogens with zero attached hydrogens (tertiary/aromatic N) is 4. The minimum absolute atomic E-state index is 0.0779. The van der Waals surface area contributed by atoms with Gasteiger partial charge in [0.15, 0.2) is 11.6 Å². The summed E-state index contributed by atoms with van der Waals surface area (Å²) in [5.74, 6) is 4.50. The number of halogens is 2. The molecule has 2 heterocycles. The van der Waals surface area contributed by atoms with Gasteiger partial charge in [0.1, 0.15) is 0 Å². The van der Waals surface area contributed by atoms with Gasteiger partial charge in [0.25, 0.3) is 0 Å². The molecule has 1 fully saturated rings. The van der Waals surface area contributed by atoms with Crippen molar-refractivity contribution in [2.24, 2.45) is 0 Å². The lowest BCUT2D eigenvalue weighted by Gasteiger charge is -2.24. The van der Waals surface area contributed by atoms with Gasteiger partial charge in [-0.25, -0.2) is 18.7 Å². The predicted octanol–water partition coefficient (Wildman–Crippen LogP) is 2.64. The monoisotopic (exact) mass is 328 g/mol. The maximum atomic E-state index is 13.1. The third-order valence-corrected chi connectivity index (χ3v) is 4.19. The highest BCUT2D eigenvalue weighted by Gasteiger charge is 2.35. The van der Waals surface area contributed by atoms with Crippen molar-refractivity contribution in [3.8, 4) is 11.8 Å². The van der Waals surface area contributed by atoms with Crippen molar-refractivity contribution < 1.29 is 8.78 Å². The van der Waals surface area contributed by atoms with E-state index in [-0.39, 0.29) is 5.54 Å². The Balaban J connectivity index is 1.74. The molecule has 0 atom stereocenters. The SMILES string of the molecule is CN1CN(c2ncc(C#Cc3ccc(F)c(F)c3)cn2)CC1(C)C. The van der Waals surface area contributed by atoms with Crippen LogP contribution in [0.3, 0.4) is 0 Å². The van der Waals surface area contributed by atoms with E-state index in [4.69, 9.17) is 0 Å². The van der Waals surface area contributed by atoms with E-state index >= 15 is 0 Å². The van der Waals surface area contributed by atoms with E-state index in [1.54, 1.807) is 12.4 Å². The van der Waals surface area contributed by atoms with E-state index in [0.29, 0.717) is 17.1 Å². The fourth-order valence-electron chi connectivity index (χ4n) is 2.49. The molecular formula is C18H18F2N4. The van der Waals surface area contributed by atoms with Gasteiger partial charge < -0.3 is 4.90 Å². The Labute approximate surface area is 140 Å². The molecule has 2 aromatic rings. The van der Waals surface area contributed by atoms with Gasteiger partial charge in [0, 0.05) is 30.0 Å². The summed E-state index contributed by atoms with van der Waals surface area (Å²) in [6.07, 6.45) is 3.28. The molecule has 124 valence electrons. The van der Waals surface area contributed by atoms with Crippen LogP contribution in [-0.2, 0) is 0 Å². The van der Waals surface area contributed by atoms with Crippen LogP contribution in [0.25, 0.3) is 0 Å². The van der Waals surface area contributed by atoms with Gasteiger partial charge in [0.2, 0.25) is 5.95 Å². The predicted molar refractivity (Wildman–Crippen MR) is 88.4 cm³/mol. The number of hydrogen-bond donors (Lipinski definition) is 0. The first kappa shape index (κ1) is 16.3. The van der Waals surface area contributed by atoms with Crippen LogP contribution < -0.4 is 4.90 Å². The topological polar surface area (TPSA) is 32.3 Å². The Hall–Kier alpha value is -2.52. The normalized spacial score (nSPS) is 16.8. The first-order chi connectivity index (χ1) is 11.3. The standard InChI is InChI=1S/C18H18F2N4/c1-18(2)11-24(12-23(18)3)17-21-9-14(10-22-17)5-4-13-6-7-15(19)16(20)8-13/h6-10H,11-12H2,1-3H3. The average Bonchev–Trinajstić information content (AvgIpc) is 2.82. The zero-order valence-corrected chi connectivity index (χ0v) is 13.8. The highest BCUT2D eigenvalue weighted by atomic mass is 19.2. The first-order valence-corrected chi connectivity index (χ1v) is 7.60. The number of rotatable bonds is 1. The molecule has 0 N–H and O–H groups in total. The molecule has 1 aromatic heterocycles. The molecule has 1 aliphatic heterocycles. The molecule has 1 aromatic carbocycles. The van der Waals surface area contributed by atoms with Crippen molar-refractivity contribution in [3.63, 3.8) is 0 Å². The van der Waals surface area contributed by atoms with Crippen LogP contribution in [0.15, 0.2) is 30.6 Å². The molecule has 24 heavy (non-hydrogen) atoms. The van der Waals surface area contributed by atoms with Crippen LogP contribution in [-0.4, -0.2) is 40.7 Å². The number of benzene rings is 1.